The molecule has 6 N–H and O–H groups in total. The summed E-state index contributed by atoms with van der Waals surface area (Å²) in [5.74, 6) is -0.879. The summed E-state index contributed by atoms with van der Waals surface area (Å²) in [7, 11) is 0. The maximum Gasteiger partial charge on any atom is 0.273 e. The number of nitro groups is 1. The van der Waals surface area contributed by atoms with Crippen molar-refractivity contribution in [1.82, 2.24) is 0 Å². The van der Waals surface area contributed by atoms with E-state index in [1.54, 1.807) is 0 Å². The Labute approximate surface area is 96.4 Å². The van der Waals surface area contributed by atoms with Gasteiger partial charge in [-0.25, -0.2) is 0 Å². The molecule has 0 spiro atoms. The molecule has 0 aliphatic heterocycles. The molecule has 1 aromatic carbocycles. The highest BCUT2D eigenvalue weighted by Gasteiger charge is 2.12. The van der Waals surface area contributed by atoms with E-state index in [1.807, 2.05) is 0 Å². The number of anilines is 2. The lowest BCUT2D eigenvalue weighted by Crippen LogP contribution is -2.34. The van der Waals surface area contributed by atoms with Crippen molar-refractivity contribution in [2.24, 2.45) is 5.73 Å². The molecule has 1 aromatic rings. The van der Waals surface area contributed by atoms with Crippen LogP contribution in [0.25, 0.3) is 0 Å². The molecule has 0 radical (unpaired) electrons. The maximum absolute atomic E-state index is 10.6. The predicted molar refractivity (Wildman–Crippen MR) is 61.2 cm³/mol. The maximum atomic E-state index is 10.6. The third-order valence-electron chi connectivity index (χ3n) is 1.98. The number of non-ortho nitro benzene ring substituents is 1. The fourth-order valence-electron chi connectivity index (χ4n) is 1.16. The smallest absolute Gasteiger partial charge is 0.273 e. The number of nitrogen functional groups attached to an aromatic ring is 1. The number of nitrogens with one attached hydrogen (secondary N) is 1. The molecule has 0 heterocycles. The lowest BCUT2D eigenvalue weighted by molar-refractivity contribution is -0.384. The van der Waals surface area contributed by atoms with Crippen molar-refractivity contribution in [3.05, 3.63) is 28.3 Å². The number of carbonyl (C=O) groups excluding carboxylic acids is 1. The van der Waals surface area contributed by atoms with Crippen LogP contribution in [0.2, 0.25) is 0 Å². The van der Waals surface area contributed by atoms with Crippen molar-refractivity contribution < 1.29 is 14.8 Å². The topological polar surface area (TPSA) is 145 Å². The van der Waals surface area contributed by atoms with Gasteiger partial charge < -0.3 is 21.9 Å². The van der Waals surface area contributed by atoms with Gasteiger partial charge in [0.25, 0.3) is 5.69 Å². The number of amides is 1. The molecule has 0 aromatic heterocycles. The highest BCUT2D eigenvalue weighted by atomic mass is 16.6. The first-order valence-electron chi connectivity index (χ1n) is 4.66. The number of carbonyl (C=O) groups is 1. The van der Waals surface area contributed by atoms with Gasteiger partial charge in [0.15, 0.2) is 0 Å². The largest absolute Gasteiger partial charge is 0.398 e. The van der Waals surface area contributed by atoms with Gasteiger partial charge >= 0.3 is 0 Å². The number of nitro benzene ring substituents is 1. The second-order valence-electron chi connectivity index (χ2n) is 3.37. The summed E-state index contributed by atoms with van der Waals surface area (Å²) in [6.07, 6.45) is -1.37. The molecule has 0 saturated carbocycles. The van der Waals surface area contributed by atoms with Crippen LogP contribution in [0, 0.1) is 10.1 Å². The Morgan fingerprint density at radius 1 is 1.53 bits per heavy atom. The van der Waals surface area contributed by atoms with Crippen LogP contribution in [0.1, 0.15) is 0 Å². The average Bonchev–Trinajstić information content (AvgIpc) is 2.24. The van der Waals surface area contributed by atoms with Crippen LogP contribution in [0.15, 0.2) is 18.2 Å². The number of primary amides is 1. The summed E-state index contributed by atoms with van der Waals surface area (Å²) < 4.78 is 0. The SMILES string of the molecule is NC(=O)C(O)CNc1cc(N)cc([N+](=O)[O-])c1. The molecule has 0 aliphatic carbocycles. The highest BCUT2D eigenvalue weighted by Crippen LogP contribution is 2.22. The van der Waals surface area contributed by atoms with E-state index >= 15 is 0 Å². The molecular formula is C9H12N4O4. The van der Waals surface area contributed by atoms with Crippen molar-refractivity contribution >= 4 is 23.0 Å². The van der Waals surface area contributed by atoms with E-state index in [-0.39, 0.29) is 17.9 Å². The molecule has 0 aliphatic rings. The van der Waals surface area contributed by atoms with Gasteiger partial charge in [-0.1, -0.05) is 0 Å². The minimum atomic E-state index is -1.37. The average molecular weight is 240 g/mol. The normalized spacial score (nSPS) is 11.8. The molecule has 0 fully saturated rings. The number of benzene rings is 1. The molecule has 8 heteroatoms. The van der Waals surface area contributed by atoms with Crippen molar-refractivity contribution in [3.8, 4) is 0 Å². The number of hydrogen-bond acceptors (Lipinski definition) is 6. The second kappa shape index (κ2) is 5.12. The summed E-state index contributed by atoms with van der Waals surface area (Å²) in [5.41, 5.74) is 10.7. The fourth-order valence-corrected chi connectivity index (χ4v) is 1.16. The van der Waals surface area contributed by atoms with E-state index in [4.69, 9.17) is 16.6 Å². The Bertz CT molecular complexity index is 449. The zero-order valence-electron chi connectivity index (χ0n) is 8.79. The summed E-state index contributed by atoms with van der Waals surface area (Å²) in [6, 6.07) is 3.89. The van der Waals surface area contributed by atoms with Gasteiger partial charge in [-0.2, -0.15) is 0 Å². The molecular weight excluding hydrogens is 228 g/mol. The standard InChI is InChI=1S/C9H12N4O4/c10-5-1-6(3-7(2-5)13(16)17)12-4-8(14)9(11)15/h1-3,8,12,14H,4,10H2,(H2,11,15). The molecule has 17 heavy (non-hydrogen) atoms. The minimum absolute atomic E-state index is 0.143. The van der Waals surface area contributed by atoms with E-state index in [0.29, 0.717) is 5.69 Å². The first kappa shape index (κ1) is 12.7. The van der Waals surface area contributed by atoms with Crippen LogP contribution < -0.4 is 16.8 Å². The minimum Gasteiger partial charge on any atom is -0.398 e. The lowest BCUT2D eigenvalue weighted by atomic mass is 10.2. The van der Waals surface area contributed by atoms with E-state index in [1.165, 1.54) is 18.2 Å². The molecule has 1 amide bonds. The number of aliphatic hydroxyl groups excluding tert-OH is 1. The predicted octanol–water partition coefficient (Wildman–Crippen LogP) is -0.565. The third-order valence-corrected chi connectivity index (χ3v) is 1.98. The Hall–Kier alpha value is -2.35. The van der Waals surface area contributed by atoms with Gasteiger partial charge in [0.2, 0.25) is 5.91 Å². The van der Waals surface area contributed by atoms with Crippen LogP contribution in [-0.2, 0) is 4.79 Å². The van der Waals surface area contributed by atoms with Gasteiger partial charge in [-0.3, -0.25) is 14.9 Å². The Balaban J connectivity index is 2.78. The highest BCUT2D eigenvalue weighted by molar-refractivity contribution is 5.79. The van der Waals surface area contributed by atoms with Gasteiger partial charge in [-0.15, -0.1) is 0 Å². The summed E-state index contributed by atoms with van der Waals surface area (Å²) in [5, 5.41) is 22.3. The monoisotopic (exact) mass is 240 g/mol. The molecule has 1 rings (SSSR count). The van der Waals surface area contributed by atoms with Crippen LogP contribution in [0.4, 0.5) is 17.1 Å². The molecule has 92 valence electrons. The fraction of sp³-hybridized carbons (Fsp3) is 0.222. The number of aliphatic hydroxyl groups is 1. The quantitative estimate of drug-likeness (QED) is 0.308. The molecule has 1 atom stereocenters. The zero-order chi connectivity index (χ0) is 13.0. The van der Waals surface area contributed by atoms with Gasteiger partial charge in [0.1, 0.15) is 6.10 Å². The number of nitrogens with two attached hydrogens (primary N) is 2. The van der Waals surface area contributed by atoms with E-state index in [0.717, 1.165) is 0 Å². The first-order chi connectivity index (χ1) is 7.90. The van der Waals surface area contributed by atoms with Crippen molar-refractivity contribution in [2.75, 3.05) is 17.6 Å². The lowest BCUT2D eigenvalue weighted by Gasteiger charge is -2.10. The number of hydrogen-bond donors (Lipinski definition) is 4. The van der Waals surface area contributed by atoms with Crippen LogP contribution in [-0.4, -0.2) is 28.6 Å². The molecule has 0 saturated heterocycles. The summed E-state index contributed by atoms with van der Waals surface area (Å²) in [6.45, 7) is -0.143. The summed E-state index contributed by atoms with van der Waals surface area (Å²) in [4.78, 5) is 20.5. The Morgan fingerprint density at radius 2 is 2.18 bits per heavy atom. The second-order valence-corrected chi connectivity index (χ2v) is 3.37. The third kappa shape index (κ3) is 3.61. The van der Waals surface area contributed by atoms with Gasteiger partial charge in [0.05, 0.1) is 4.92 Å². The van der Waals surface area contributed by atoms with Crippen LogP contribution >= 0.6 is 0 Å². The zero-order valence-corrected chi connectivity index (χ0v) is 8.79. The van der Waals surface area contributed by atoms with Crippen molar-refractivity contribution in [3.63, 3.8) is 0 Å². The number of nitrogens with zero attached hydrogens (tertiary/aromatic N) is 1. The van der Waals surface area contributed by atoms with Gasteiger partial charge in [-0.05, 0) is 6.07 Å². The molecule has 8 nitrogen and oxygen atoms in total. The van der Waals surface area contributed by atoms with Crippen molar-refractivity contribution in [2.45, 2.75) is 6.10 Å². The van der Waals surface area contributed by atoms with Crippen molar-refractivity contribution in [1.29, 1.82) is 0 Å². The summed E-state index contributed by atoms with van der Waals surface area (Å²) >= 11 is 0. The van der Waals surface area contributed by atoms with E-state index < -0.39 is 16.9 Å². The van der Waals surface area contributed by atoms with E-state index in [2.05, 4.69) is 5.32 Å². The van der Waals surface area contributed by atoms with Crippen LogP contribution in [0.3, 0.4) is 0 Å². The Morgan fingerprint density at radius 3 is 2.71 bits per heavy atom. The van der Waals surface area contributed by atoms with Gasteiger partial charge in [0, 0.05) is 30.1 Å². The van der Waals surface area contributed by atoms with Crippen LogP contribution in [0.5, 0.6) is 0 Å². The van der Waals surface area contributed by atoms with E-state index in [9.17, 15) is 14.9 Å². The Kier molecular flexibility index (Phi) is 3.83. The number of rotatable bonds is 5. The molecule has 1 unspecified atom stereocenters. The molecule has 0 bridgehead atoms. The first-order valence-corrected chi connectivity index (χ1v) is 4.66.